The summed E-state index contributed by atoms with van der Waals surface area (Å²) < 4.78 is 0. The zero-order chi connectivity index (χ0) is 9.35. The Morgan fingerprint density at radius 3 is 2.58 bits per heavy atom. The van der Waals surface area contributed by atoms with Gasteiger partial charge in [0.05, 0.1) is 0 Å². The molecule has 1 heterocycles. The molecule has 2 atom stereocenters. The molecule has 0 spiro atoms. The molecule has 0 saturated carbocycles. The second kappa shape index (κ2) is 3.05. The van der Waals surface area contributed by atoms with Crippen molar-refractivity contribution in [2.45, 2.75) is 33.2 Å². The van der Waals surface area contributed by atoms with Gasteiger partial charge in [-0.05, 0) is 17.8 Å². The number of carbonyl (C=O) groups is 1. The van der Waals surface area contributed by atoms with Gasteiger partial charge in [0.15, 0.2) is 0 Å². The van der Waals surface area contributed by atoms with Crippen molar-refractivity contribution >= 4 is 5.97 Å². The number of aliphatic carboxylic acids is 1. The summed E-state index contributed by atoms with van der Waals surface area (Å²) in [6.45, 7) is 7.12. The maximum Gasteiger partial charge on any atom is 0.320 e. The summed E-state index contributed by atoms with van der Waals surface area (Å²) in [5.74, 6) is -0.496. The quantitative estimate of drug-likeness (QED) is 0.621. The van der Waals surface area contributed by atoms with E-state index < -0.39 is 5.97 Å². The molecule has 0 aromatic heterocycles. The fourth-order valence-corrected chi connectivity index (χ4v) is 1.98. The van der Waals surface area contributed by atoms with E-state index in [2.05, 4.69) is 19.2 Å². The van der Waals surface area contributed by atoms with Crippen LogP contribution in [-0.2, 0) is 4.79 Å². The van der Waals surface area contributed by atoms with E-state index in [9.17, 15) is 4.79 Å². The summed E-state index contributed by atoms with van der Waals surface area (Å²) >= 11 is 0. The molecular weight excluding hydrogens is 154 g/mol. The van der Waals surface area contributed by atoms with Gasteiger partial charge in [0.2, 0.25) is 0 Å². The Kier molecular flexibility index (Phi) is 2.42. The molecule has 70 valence electrons. The van der Waals surface area contributed by atoms with E-state index in [1.54, 1.807) is 0 Å². The fourth-order valence-electron chi connectivity index (χ4n) is 1.98. The van der Waals surface area contributed by atoms with Crippen molar-refractivity contribution in [2.24, 2.45) is 11.3 Å². The minimum absolute atomic E-state index is 0.228. The van der Waals surface area contributed by atoms with Gasteiger partial charge in [-0.15, -0.1) is 0 Å². The summed E-state index contributed by atoms with van der Waals surface area (Å²) in [6, 6.07) is -0.349. The van der Waals surface area contributed by atoms with E-state index in [4.69, 9.17) is 5.11 Å². The zero-order valence-electron chi connectivity index (χ0n) is 7.92. The minimum Gasteiger partial charge on any atom is -0.480 e. The average molecular weight is 171 g/mol. The Morgan fingerprint density at radius 2 is 2.17 bits per heavy atom. The van der Waals surface area contributed by atoms with Crippen LogP contribution in [0, 0.1) is 11.3 Å². The molecule has 2 unspecified atom stereocenters. The zero-order valence-corrected chi connectivity index (χ0v) is 7.92. The number of hydrogen-bond donors (Lipinski definition) is 2. The van der Waals surface area contributed by atoms with Gasteiger partial charge in [-0.3, -0.25) is 4.79 Å². The van der Waals surface area contributed by atoms with E-state index in [0.717, 1.165) is 13.0 Å². The smallest absolute Gasteiger partial charge is 0.320 e. The monoisotopic (exact) mass is 171 g/mol. The summed E-state index contributed by atoms with van der Waals surface area (Å²) in [5, 5.41) is 11.9. The summed E-state index contributed by atoms with van der Waals surface area (Å²) in [7, 11) is 0. The molecule has 0 aromatic rings. The van der Waals surface area contributed by atoms with Crippen LogP contribution in [0.5, 0.6) is 0 Å². The molecule has 1 saturated heterocycles. The van der Waals surface area contributed by atoms with Crippen LogP contribution in [0.1, 0.15) is 27.2 Å². The lowest BCUT2D eigenvalue weighted by Gasteiger charge is -2.38. The van der Waals surface area contributed by atoms with Crippen molar-refractivity contribution in [2.75, 3.05) is 6.54 Å². The minimum atomic E-state index is -0.724. The Hall–Kier alpha value is -0.570. The summed E-state index contributed by atoms with van der Waals surface area (Å²) in [5.41, 5.74) is 0.241. The first-order valence-corrected chi connectivity index (χ1v) is 4.38. The lowest BCUT2D eigenvalue weighted by Crippen LogP contribution is -2.51. The van der Waals surface area contributed by atoms with E-state index >= 15 is 0 Å². The number of carboxylic acids is 1. The van der Waals surface area contributed by atoms with Gasteiger partial charge >= 0.3 is 5.97 Å². The third-order valence-corrected chi connectivity index (χ3v) is 2.51. The van der Waals surface area contributed by atoms with E-state index in [1.807, 2.05) is 6.92 Å². The number of nitrogens with one attached hydrogen (secondary N) is 1. The van der Waals surface area contributed by atoms with Gasteiger partial charge in [-0.25, -0.2) is 0 Å². The number of rotatable bonds is 1. The van der Waals surface area contributed by atoms with E-state index in [1.165, 1.54) is 0 Å². The molecule has 0 aliphatic carbocycles. The van der Waals surface area contributed by atoms with Crippen molar-refractivity contribution in [3.8, 4) is 0 Å². The second-order valence-corrected chi connectivity index (χ2v) is 4.54. The molecule has 1 fully saturated rings. The molecule has 2 N–H and O–H groups in total. The van der Waals surface area contributed by atoms with Crippen LogP contribution in [0.15, 0.2) is 0 Å². The normalized spacial score (nSPS) is 34.6. The predicted octanol–water partition coefficient (Wildman–Crippen LogP) is 1.10. The molecule has 0 radical (unpaired) electrons. The highest BCUT2D eigenvalue weighted by Gasteiger charge is 2.35. The summed E-state index contributed by atoms with van der Waals surface area (Å²) in [4.78, 5) is 10.7. The maximum absolute atomic E-state index is 10.7. The van der Waals surface area contributed by atoms with Gasteiger partial charge < -0.3 is 10.4 Å². The van der Waals surface area contributed by atoms with Crippen LogP contribution in [0.2, 0.25) is 0 Å². The molecule has 0 aromatic carbocycles. The van der Waals surface area contributed by atoms with Crippen molar-refractivity contribution in [3.63, 3.8) is 0 Å². The lowest BCUT2D eigenvalue weighted by molar-refractivity contribution is -0.142. The van der Waals surface area contributed by atoms with Crippen molar-refractivity contribution in [1.29, 1.82) is 0 Å². The SMILES string of the molecule is CC1CC(C)(C)CNC1C(=O)O. The van der Waals surface area contributed by atoms with Crippen LogP contribution in [0.25, 0.3) is 0 Å². The van der Waals surface area contributed by atoms with Crippen molar-refractivity contribution < 1.29 is 9.90 Å². The number of carboxylic acid groups (broad SMARTS) is 1. The Balaban J connectivity index is 2.60. The van der Waals surface area contributed by atoms with Crippen LogP contribution in [-0.4, -0.2) is 23.7 Å². The Morgan fingerprint density at radius 1 is 1.58 bits per heavy atom. The Labute approximate surface area is 73.2 Å². The molecule has 12 heavy (non-hydrogen) atoms. The van der Waals surface area contributed by atoms with Crippen molar-refractivity contribution in [1.82, 2.24) is 5.32 Å². The molecule has 0 bridgehead atoms. The topological polar surface area (TPSA) is 49.3 Å². The Bertz CT molecular complexity index is 189. The second-order valence-electron chi connectivity index (χ2n) is 4.54. The van der Waals surface area contributed by atoms with Gasteiger partial charge in [0, 0.05) is 6.54 Å². The predicted molar refractivity (Wildman–Crippen MR) is 47.0 cm³/mol. The van der Waals surface area contributed by atoms with Crippen LogP contribution >= 0.6 is 0 Å². The highest BCUT2D eigenvalue weighted by atomic mass is 16.4. The van der Waals surface area contributed by atoms with Crippen molar-refractivity contribution in [3.05, 3.63) is 0 Å². The standard InChI is InChI=1S/C9H17NO2/c1-6-4-9(2,3)5-10-7(6)8(11)12/h6-7,10H,4-5H2,1-3H3,(H,11,12). The molecule has 3 nitrogen and oxygen atoms in total. The van der Waals surface area contributed by atoms with Gasteiger partial charge in [0.1, 0.15) is 6.04 Å². The van der Waals surface area contributed by atoms with Crippen LogP contribution in [0.3, 0.4) is 0 Å². The molecule has 1 rings (SSSR count). The molecule has 1 aliphatic heterocycles. The van der Waals surface area contributed by atoms with Crippen LogP contribution < -0.4 is 5.32 Å². The third-order valence-electron chi connectivity index (χ3n) is 2.51. The highest BCUT2D eigenvalue weighted by molar-refractivity contribution is 5.74. The first kappa shape index (κ1) is 9.52. The van der Waals surface area contributed by atoms with Gasteiger partial charge in [-0.1, -0.05) is 20.8 Å². The molecule has 3 heteroatoms. The molecule has 0 amide bonds. The highest BCUT2D eigenvalue weighted by Crippen LogP contribution is 2.30. The lowest BCUT2D eigenvalue weighted by atomic mass is 9.77. The number of hydrogen-bond acceptors (Lipinski definition) is 2. The summed E-state index contributed by atoms with van der Waals surface area (Å²) in [6.07, 6.45) is 0.983. The first-order chi connectivity index (χ1) is 5.42. The third kappa shape index (κ3) is 1.97. The average Bonchev–Trinajstić information content (AvgIpc) is 1.83. The van der Waals surface area contributed by atoms with E-state index in [-0.39, 0.29) is 17.4 Å². The number of piperidine rings is 1. The van der Waals surface area contributed by atoms with Gasteiger partial charge in [-0.2, -0.15) is 0 Å². The van der Waals surface area contributed by atoms with Gasteiger partial charge in [0.25, 0.3) is 0 Å². The van der Waals surface area contributed by atoms with E-state index in [0.29, 0.717) is 0 Å². The molecular formula is C9H17NO2. The first-order valence-electron chi connectivity index (χ1n) is 4.38. The largest absolute Gasteiger partial charge is 0.480 e. The fraction of sp³-hybridized carbons (Fsp3) is 0.889. The van der Waals surface area contributed by atoms with Crippen LogP contribution in [0.4, 0.5) is 0 Å². The molecule has 1 aliphatic rings. The maximum atomic E-state index is 10.7.